The highest BCUT2D eigenvalue weighted by molar-refractivity contribution is 5.68. The van der Waals surface area contributed by atoms with E-state index < -0.39 is 11.7 Å². The Morgan fingerprint density at radius 3 is 2.57 bits per heavy atom. The molecule has 1 aromatic carbocycles. The van der Waals surface area contributed by atoms with E-state index in [2.05, 4.69) is 5.32 Å². The Labute approximate surface area is 123 Å². The molecule has 21 heavy (non-hydrogen) atoms. The van der Waals surface area contributed by atoms with E-state index in [9.17, 15) is 9.18 Å². The molecule has 0 aromatic heterocycles. The molecule has 5 nitrogen and oxygen atoms in total. The number of alkyl carbamates (subject to hydrolysis) is 1. The van der Waals surface area contributed by atoms with Crippen LogP contribution in [0, 0.1) is 5.82 Å². The minimum absolute atomic E-state index is 0.301. The summed E-state index contributed by atoms with van der Waals surface area (Å²) in [5.74, 6) is 0.205. The van der Waals surface area contributed by atoms with Crippen LogP contribution in [0.15, 0.2) is 24.3 Å². The van der Waals surface area contributed by atoms with Gasteiger partial charge in [0.15, 0.2) is 0 Å². The molecule has 1 aliphatic rings. The van der Waals surface area contributed by atoms with Crippen LogP contribution in [0.4, 0.5) is 9.18 Å². The van der Waals surface area contributed by atoms with Crippen molar-refractivity contribution in [3.63, 3.8) is 0 Å². The van der Waals surface area contributed by atoms with Crippen LogP contribution < -0.4 is 10.1 Å². The van der Waals surface area contributed by atoms with Gasteiger partial charge in [0.2, 0.25) is 0 Å². The van der Waals surface area contributed by atoms with E-state index in [-0.39, 0.29) is 18.0 Å². The van der Waals surface area contributed by atoms with E-state index in [4.69, 9.17) is 14.2 Å². The first-order chi connectivity index (χ1) is 9.83. The molecule has 2 unspecified atom stereocenters. The SMILES string of the molecule is CC(C)(C)OC(=O)NC1COCC1Oc1ccc(F)cc1. The molecule has 2 rings (SSSR count). The van der Waals surface area contributed by atoms with Gasteiger partial charge in [0.05, 0.1) is 19.3 Å². The second-order valence-corrected chi connectivity index (χ2v) is 5.90. The van der Waals surface area contributed by atoms with E-state index in [0.717, 1.165) is 0 Å². The van der Waals surface area contributed by atoms with Crippen LogP contribution in [0.3, 0.4) is 0 Å². The molecule has 116 valence electrons. The molecule has 1 N–H and O–H groups in total. The molecular formula is C15H20FNO4. The van der Waals surface area contributed by atoms with Crippen molar-refractivity contribution in [2.75, 3.05) is 13.2 Å². The van der Waals surface area contributed by atoms with Crippen LogP contribution in [0.2, 0.25) is 0 Å². The van der Waals surface area contributed by atoms with Gasteiger partial charge in [-0.25, -0.2) is 9.18 Å². The van der Waals surface area contributed by atoms with Crippen molar-refractivity contribution in [3.8, 4) is 5.75 Å². The quantitative estimate of drug-likeness (QED) is 0.931. The highest BCUT2D eigenvalue weighted by atomic mass is 19.1. The first kappa shape index (κ1) is 15.6. The van der Waals surface area contributed by atoms with Gasteiger partial charge in [0, 0.05) is 0 Å². The second kappa shape index (κ2) is 6.30. The highest BCUT2D eigenvalue weighted by Crippen LogP contribution is 2.18. The number of amides is 1. The van der Waals surface area contributed by atoms with E-state index in [1.807, 2.05) is 0 Å². The summed E-state index contributed by atoms with van der Waals surface area (Å²) in [4.78, 5) is 11.8. The zero-order valence-electron chi connectivity index (χ0n) is 12.4. The first-order valence-electron chi connectivity index (χ1n) is 6.83. The topological polar surface area (TPSA) is 56.8 Å². The molecular weight excluding hydrogens is 277 g/mol. The molecule has 0 bridgehead atoms. The van der Waals surface area contributed by atoms with Crippen molar-refractivity contribution in [1.82, 2.24) is 5.32 Å². The molecule has 1 aromatic rings. The normalized spacial score (nSPS) is 21.9. The van der Waals surface area contributed by atoms with Gasteiger partial charge in [0.1, 0.15) is 23.3 Å². The molecule has 1 saturated heterocycles. The van der Waals surface area contributed by atoms with Crippen LogP contribution in [0.5, 0.6) is 5.75 Å². The van der Waals surface area contributed by atoms with Crippen molar-refractivity contribution in [3.05, 3.63) is 30.1 Å². The Morgan fingerprint density at radius 2 is 1.95 bits per heavy atom. The zero-order chi connectivity index (χ0) is 15.5. The summed E-state index contributed by atoms with van der Waals surface area (Å²) in [6.45, 7) is 6.10. The molecule has 0 saturated carbocycles. The van der Waals surface area contributed by atoms with Crippen LogP contribution >= 0.6 is 0 Å². The average Bonchev–Trinajstić information content (AvgIpc) is 2.77. The summed E-state index contributed by atoms with van der Waals surface area (Å²) in [7, 11) is 0. The summed E-state index contributed by atoms with van der Waals surface area (Å²) < 4.78 is 29.1. The Hall–Kier alpha value is -1.82. The minimum Gasteiger partial charge on any atom is -0.486 e. The van der Waals surface area contributed by atoms with Crippen LogP contribution in [-0.2, 0) is 9.47 Å². The number of ether oxygens (including phenoxy) is 3. The lowest BCUT2D eigenvalue weighted by atomic mass is 10.2. The Bertz CT molecular complexity index is 483. The van der Waals surface area contributed by atoms with Crippen molar-refractivity contribution in [2.45, 2.75) is 38.5 Å². The lowest BCUT2D eigenvalue weighted by molar-refractivity contribution is 0.0472. The van der Waals surface area contributed by atoms with Gasteiger partial charge in [-0.05, 0) is 45.0 Å². The summed E-state index contributed by atoms with van der Waals surface area (Å²) in [5.41, 5.74) is -0.559. The summed E-state index contributed by atoms with van der Waals surface area (Å²) >= 11 is 0. The van der Waals surface area contributed by atoms with E-state index in [1.54, 1.807) is 20.8 Å². The van der Waals surface area contributed by atoms with Crippen molar-refractivity contribution in [1.29, 1.82) is 0 Å². The molecule has 1 amide bonds. The number of benzene rings is 1. The standard InChI is InChI=1S/C15H20FNO4/c1-15(2,3)21-14(18)17-12-8-19-9-13(12)20-11-6-4-10(16)5-7-11/h4-7,12-13H,8-9H2,1-3H3,(H,17,18). The number of carbonyl (C=O) groups is 1. The number of hydrogen-bond donors (Lipinski definition) is 1. The molecule has 0 spiro atoms. The zero-order valence-corrected chi connectivity index (χ0v) is 12.4. The third-order valence-corrected chi connectivity index (χ3v) is 2.83. The molecule has 6 heteroatoms. The van der Waals surface area contributed by atoms with E-state index in [0.29, 0.717) is 19.0 Å². The second-order valence-electron chi connectivity index (χ2n) is 5.90. The van der Waals surface area contributed by atoms with E-state index in [1.165, 1.54) is 24.3 Å². The number of carbonyl (C=O) groups excluding carboxylic acids is 1. The van der Waals surface area contributed by atoms with Crippen LogP contribution in [-0.4, -0.2) is 37.1 Å². The number of nitrogens with one attached hydrogen (secondary N) is 1. The minimum atomic E-state index is -0.559. The molecule has 2 atom stereocenters. The lowest BCUT2D eigenvalue weighted by Gasteiger charge is -2.24. The first-order valence-corrected chi connectivity index (χ1v) is 6.83. The van der Waals surface area contributed by atoms with Gasteiger partial charge in [-0.15, -0.1) is 0 Å². The van der Waals surface area contributed by atoms with Crippen molar-refractivity contribution in [2.24, 2.45) is 0 Å². The van der Waals surface area contributed by atoms with Gasteiger partial charge >= 0.3 is 6.09 Å². The molecule has 0 radical (unpaired) electrons. The summed E-state index contributed by atoms with van der Waals surface area (Å²) in [6, 6.07) is 5.42. The van der Waals surface area contributed by atoms with Crippen LogP contribution in [0.1, 0.15) is 20.8 Å². The largest absolute Gasteiger partial charge is 0.486 e. The lowest BCUT2D eigenvalue weighted by Crippen LogP contribution is -2.46. The van der Waals surface area contributed by atoms with Gasteiger partial charge in [0.25, 0.3) is 0 Å². The fourth-order valence-corrected chi connectivity index (χ4v) is 1.93. The van der Waals surface area contributed by atoms with Gasteiger partial charge in [-0.2, -0.15) is 0 Å². The Morgan fingerprint density at radius 1 is 1.29 bits per heavy atom. The molecule has 1 heterocycles. The van der Waals surface area contributed by atoms with Crippen LogP contribution in [0.25, 0.3) is 0 Å². The third kappa shape index (κ3) is 4.90. The fraction of sp³-hybridized carbons (Fsp3) is 0.533. The monoisotopic (exact) mass is 297 g/mol. The predicted molar refractivity (Wildman–Crippen MR) is 74.8 cm³/mol. The van der Waals surface area contributed by atoms with Gasteiger partial charge in [-0.1, -0.05) is 0 Å². The number of hydrogen-bond acceptors (Lipinski definition) is 4. The smallest absolute Gasteiger partial charge is 0.408 e. The van der Waals surface area contributed by atoms with Crippen molar-refractivity contribution >= 4 is 6.09 Å². The van der Waals surface area contributed by atoms with Gasteiger partial charge in [-0.3, -0.25) is 0 Å². The van der Waals surface area contributed by atoms with E-state index >= 15 is 0 Å². The average molecular weight is 297 g/mol. The molecule has 1 aliphatic heterocycles. The highest BCUT2D eigenvalue weighted by Gasteiger charge is 2.32. The number of rotatable bonds is 3. The maximum atomic E-state index is 12.9. The Balaban J connectivity index is 1.91. The summed E-state index contributed by atoms with van der Waals surface area (Å²) in [6.07, 6.45) is -0.839. The van der Waals surface area contributed by atoms with Gasteiger partial charge < -0.3 is 19.5 Å². The Kier molecular flexibility index (Phi) is 4.67. The molecule has 1 fully saturated rings. The van der Waals surface area contributed by atoms with Crippen molar-refractivity contribution < 1.29 is 23.4 Å². The maximum absolute atomic E-state index is 12.9. The fourth-order valence-electron chi connectivity index (χ4n) is 1.93. The number of halogens is 1. The molecule has 0 aliphatic carbocycles. The third-order valence-electron chi connectivity index (χ3n) is 2.83. The summed E-state index contributed by atoms with van der Waals surface area (Å²) in [5, 5.41) is 2.73. The predicted octanol–water partition coefficient (Wildman–Crippen LogP) is 2.50. The maximum Gasteiger partial charge on any atom is 0.408 e.